The fourth-order valence-electron chi connectivity index (χ4n) is 2.62. The largest absolute Gasteiger partial charge is 0.444 e. The summed E-state index contributed by atoms with van der Waals surface area (Å²) in [5, 5.41) is 6.69. The molecule has 0 spiro atoms. The van der Waals surface area contributed by atoms with Crippen LogP contribution in [-0.4, -0.2) is 41.3 Å². The Hall–Kier alpha value is -0.420. The van der Waals surface area contributed by atoms with Crippen LogP contribution in [0.25, 0.3) is 0 Å². The average Bonchev–Trinajstić information content (AvgIpc) is 2.36. The Bertz CT molecular complexity index is 310. The van der Waals surface area contributed by atoms with E-state index in [1.54, 1.807) is 0 Å². The van der Waals surface area contributed by atoms with E-state index in [4.69, 9.17) is 4.74 Å². The van der Waals surface area contributed by atoms with Gasteiger partial charge in [-0.1, -0.05) is 6.92 Å². The molecule has 0 saturated heterocycles. The molecular weight excluding hydrogens is 284 g/mol. The Morgan fingerprint density at radius 2 is 1.81 bits per heavy atom. The maximum atomic E-state index is 11.8. The molecule has 0 aliphatic heterocycles. The second-order valence-corrected chi connectivity index (χ2v) is 8.24. The molecule has 1 unspecified atom stereocenters. The summed E-state index contributed by atoms with van der Waals surface area (Å²) in [6.45, 7) is 10.1. The summed E-state index contributed by atoms with van der Waals surface area (Å²) in [4.78, 5) is 11.8. The number of hydrogen-bond acceptors (Lipinski definition) is 4. The number of amides is 1. The van der Waals surface area contributed by atoms with E-state index in [1.807, 2.05) is 32.5 Å². The fourth-order valence-corrected chi connectivity index (χ4v) is 3.31. The zero-order valence-electron chi connectivity index (χ0n) is 14.2. The molecule has 21 heavy (non-hydrogen) atoms. The summed E-state index contributed by atoms with van der Waals surface area (Å²) in [6.07, 6.45) is 4.03. The van der Waals surface area contributed by atoms with Crippen LogP contribution >= 0.6 is 11.8 Å². The van der Waals surface area contributed by atoms with Crippen LogP contribution in [0.3, 0.4) is 0 Å². The third-order valence-electron chi connectivity index (χ3n) is 3.54. The SMILES string of the molecule is CCSCC(C)NC1CCC(NC(=O)OC(C)(C)C)CC1. The lowest BCUT2D eigenvalue weighted by atomic mass is 9.91. The first-order valence-electron chi connectivity index (χ1n) is 8.13. The predicted molar refractivity (Wildman–Crippen MR) is 91.0 cm³/mol. The molecule has 1 aliphatic rings. The lowest BCUT2D eigenvalue weighted by molar-refractivity contribution is 0.0489. The minimum absolute atomic E-state index is 0.262. The molecule has 0 aromatic rings. The van der Waals surface area contributed by atoms with Crippen molar-refractivity contribution in [2.24, 2.45) is 0 Å². The van der Waals surface area contributed by atoms with Crippen molar-refractivity contribution in [1.29, 1.82) is 0 Å². The summed E-state index contributed by atoms with van der Waals surface area (Å²) in [7, 11) is 0. The van der Waals surface area contributed by atoms with Crippen LogP contribution in [0, 0.1) is 0 Å². The summed E-state index contributed by atoms with van der Waals surface area (Å²) in [6, 6.07) is 1.42. The number of thioether (sulfide) groups is 1. The van der Waals surface area contributed by atoms with Crippen molar-refractivity contribution in [3.05, 3.63) is 0 Å². The van der Waals surface area contributed by atoms with E-state index in [-0.39, 0.29) is 12.1 Å². The first-order chi connectivity index (χ1) is 9.80. The van der Waals surface area contributed by atoms with Crippen LogP contribution in [-0.2, 0) is 4.74 Å². The molecule has 1 saturated carbocycles. The van der Waals surface area contributed by atoms with Gasteiger partial charge in [-0.2, -0.15) is 11.8 Å². The van der Waals surface area contributed by atoms with Crippen molar-refractivity contribution in [3.63, 3.8) is 0 Å². The van der Waals surface area contributed by atoms with Gasteiger partial charge in [0.2, 0.25) is 0 Å². The predicted octanol–water partition coefficient (Wildman–Crippen LogP) is 3.55. The second kappa shape index (κ2) is 8.89. The number of hydrogen-bond donors (Lipinski definition) is 2. The van der Waals surface area contributed by atoms with E-state index in [9.17, 15) is 4.79 Å². The standard InChI is InChI=1S/C16H32N2O2S/c1-6-21-11-12(2)17-13-7-9-14(10-8-13)18-15(19)20-16(3,4)5/h12-14,17H,6-11H2,1-5H3,(H,18,19). The molecule has 0 bridgehead atoms. The van der Waals surface area contributed by atoms with Crippen LogP contribution < -0.4 is 10.6 Å². The second-order valence-electron chi connectivity index (χ2n) is 6.92. The molecule has 1 amide bonds. The van der Waals surface area contributed by atoms with Crippen LogP contribution in [0.4, 0.5) is 4.79 Å². The quantitative estimate of drug-likeness (QED) is 0.787. The smallest absolute Gasteiger partial charge is 0.407 e. The van der Waals surface area contributed by atoms with Crippen LogP contribution in [0.5, 0.6) is 0 Å². The molecular formula is C16H32N2O2S. The summed E-state index contributed by atoms with van der Waals surface area (Å²) in [5.74, 6) is 2.35. The Morgan fingerprint density at radius 1 is 1.24 bits per heavy atom. The summed E-state index contributed by atoms with van der Waals surface area (Å²) < 4.78 is 5.31. The summed E-state index contributed by atoms with van der Waals surface area (Å²) in [5.41, 5.74) is -0.421. The minimum atomic E-state index is -0.421. The molecule has 1 atom stereocenters. The van der Waals surface area contributed by atoms with Gasteiger partial charge < -0.3 is 15.4 Å². The number of nitrogens with one attached hydrogen (secondary N) is 2. The van der Waals surface area contributed by atoms with Crippen LogP contribution in [0.2, 0.25) is 0 Å². The van der Waals surface area contributed by atoms with Gasteiger partial charge >= 0.3 is 6.09 Å². The maximum absolute atomic E-state index is 11.8. The highest BCUT2D eigenvalue weighted by atomic mass is 32.2. The molecule has 2 N–H and O–H groups in total. The fraction of sp³-hybridized carbons (Fsp3) is 0.938. The maximum Gasteiger partial charge on any atom is 0.407 e. The zero-order valence-corrected chi connectivity index (χ0v) is 15.0. The highest BCUT2D eigenvalue weighted by molar-refractivity contribution is 7.99. The molecule has 0 heterocycles. The van der Waals surface area contributed by atoms with Crippen LogP contribution in [0.1, 0.15) is 60.3 Å². The van der Waals surface area contributed by atoms with Crippen molar-refractivity contribution < 1.29 is 9.53 Å². The zero-order chi connectivity index (χ0) is 15.9. The number of carbonyl (C=O) groups is 1. The molecule has 1 rings (SSSR count). The molecule has 0 aromatic carbocycles. The van der Waals surface area contributed by atoms with Gasteiger partial charge in [-0.25, -0.2) is 4.79 Å². The van der Waals surface area contributed by atoms with Gasteiger partial charge in [0.15, 0.2) is 0 Å². The Morgan fingerprint density at radius 3 is 2.33 bits per heavy atom. The third kappa shape index (κ3) is 8.57. The Kier molecular flexibility index (Phi) is 7.88. The van der Waals surface area contributed by atoms with Gasteiger partial charge in [-0.15, -0.1) is 0 Å². The van der Waals surface area contributed by atoms with Crippen molar-refractivity contribution >= 4 is 17.9 Å². The van der Waals surface area contributed by atoms with E-state index in [2.05, 4.69) is 24.5 Å². The number of carbonyl (C=O) groups excluding carboxylic acids is 1. The average molecular weight is 317 g/mol. The van der Waals surface area contributed by atoms with Gasteiger partial charge in [0.1, 0.15) is 5.60 Å². The highest BCUT2D eigenvalue weighted by Gasteiger charge is 2.25. The van der Waals surface area contributed by atoms with Gasteiger partial charge in [0.25, 0.3) is 0 Å². The first-order valence-corrected chi connectivity index (χ1v) is 9.29. The van der Waals surface area contributed by atoms with Crippen molar-refractivity contribution in [1.82, 2.24) is 10.6 Å². The molecule has 4 nitrogen and oxygen atoms in total. The lowest BCUT2D eigenvalue weighted by Gasteiger charge is -2.32. The van der Waals surface area contributed by atoms with Crippen LogP contribution in [0.15, 0.2) is 0 Å². The monoisotopic (exact) mass is 316 g/mol. The molecule has 1 aliphatic carbocycles. The number of alkyl carbamates (subject to hydrolysis) is 1. The minimum Gasteiger partial charge on any atom is -0.444 e. The van der Waals surface area contributed by atoms with Crippen molar-refractivity contribution in [2.45, 2.75) is 84.0 Å². The number of ether oxygens (including phenoxy) is 1. The van der Waals surface area contributed by atoms with E-state index in [1.165, 1.54) is 11.5 Å². The molecule has 124 valence electrons. The molecule has 1 fully saturated rings. The lowest BCUT2D eigenvalue weighted by Crippen LogP contribution is -2.46. The van der Waals surface area contributed by atoms with Gasteiger partial charge in [0.05, 0.1) is 0 Å². The Balaban J connectivity index is 2.21. The molecule has 0 aromatic heterocycles. The van der Waals surface area contributed by atoms with Crippen molar-refractivity contribution in [3.8, 4) is 0 Å². The third-order valence-corrected chi connectivity index (χ3v) is 4.68. The van der Waals surface area contributed by atoms with Gasteiger partial charge in [-0.3, -0.25) is 0 Å². The van der Waals surface area contributed by atoms with E-state index in [0.717, 1.165) is 25.7 Å². The topological polar surface area (TPSA) is 50.4 Å². The number of rotatable bonds is 6. The Labute approximate surface area is 134 Å². The van der Waals surface area contributed by atoms with E-state index < -0.39 is 5.60 Å². The normalized spacial score (nSPS) is 24.4. The summed E-state index contributed by atoms with van der Waals surface area (Å²) >= 11 is 1.98. The highest BCUT2D eigenvalue weighted by Crippen LogP contribution is 2.20. The first kappa shape index (κ1) is 18.6. The van der Waals surface area contributed by atoms with E-state index in [0.29, 0.717) is 12.1 Å². The van der Waals surface area contributed by atoms with Gasteiger partial charge in [0, 0.05) is 23.9 Å². The van der Waals surface area contributed by atoms with E-state index >= 15 is 0 Å². The van der Waals surface area contributed by atoms with Crippen molar-refractivity contribution in [2.75, 3.05) is 11.5 Å². The molecule has 5 heteroatoms. The molecule has 0 radical (unpaired) electrons. The van der Waals surface area contributed by atoms with Gasteiger partial charge in [-0.05, 0) is 59.1 Å².